The van der Waals surface area contributed by atoms with E-state index in [0.29, 0.717) is 90.1 Å². The van der Waals surface area contributed by atoms with Crippen molar-refractivity contribution in [3.05, 3.63) is 51.8 Å². The van der Waals surface area contributed by atoms with Crippen LogP contribution in [0.5, 0.6) is 5.88 Å². The molecule has 0 spiro atoms. The molecule has 32 nitrogen and oxygen atoms in total. The summed E-state index contributed by atoms with van der Waals surface area (Å²) in [6, 6.07) is 5.03. The van der Waals surface area contributed by atoms with Gasteiger partial charge >= 0.3 is 53.7 Å². The van der Waals surface area contributed by atoms with Crippen molar-refractivity contribution in [3.8, 4) is 5.88 Å². The average molecular weight is 1380 g/mol. The van der Waals surface area contributed by atoms with Crippen LogP contribution in [0.3, 0.4) is 0 Å². The van der Waals surface area contributed by atoms with Crippen LogP contribution >= 0.6 is 11.7 Å². The van der Waals surface area contributed by atoms with E-state index >= 15 is 0 Å². The number of carbonyl (C=O) groups is 13. The number of anilines is 2. The van der Waals surface area contributed by atoms with Crippen molar-refractivity contribution in [2.24, 2.45) is 0 Å². The Kier molecular flexibility index (Phi) is 29.6. The van der Waals surface area contributed by atoms with Crippen LogP contribution in [0, 0.1) is 13.8 Å². The first-order valence-corrected chi connectivity index (χ1v) is 32.1. The van der Waals surface area contributed by atoms with E-state index in [0.717, 1.165) is 59.4 Å². The molecule has 0 radical (unpaired) electrons. The Morgan fingerprint density at radius 2 is 1.28 bits per heavy atom. The molecule has 2 aliphatic heterocycles. The number of benzene rings is 1. The molecule has 2 aliphatic rings. The fraction of sp³-hybridized carbons (Fsp3) is 0.578. The number of H-pyrrole nitrogens is 1. The first-order chi connectivity index (χ1) is 45.7. The minimum absolute atomic E-state index is 0.0649. The summed E-state index contributed by atoms with van der Waals surface area (Å²) in [6.07, 6.45) is -9.88. The number of ketones is 1. The van der Waals surface area contributed by atoms with Gasteiger partial charge in [-0.1, -0.05) is 19.9 Å². The lowest BCUT2D eigenvalue weighted by molar-refractivity contribution is -0.185. The van der Waals surface area contributed by atoms with Crippen LogP contribution in [-0.4, -0.2) is 228 Å². The van der Waals surface area contributed by atoms with E-state index in [2.05, 4.69) is 43.1 Å². The number of nitrogens with one attached hydrogen (secondary N) is 3. The van der Waals surface area contributed by atoms with Crippen LogP contribution in [0.1, 0.15) is 134 Å². The van der Waals surface area contributed by atoms with E-state index in [9.17, 15) is 62.3 Å². The van der Waals surface area contributed by atoms with Crippen molar-refractivity contribution in [1.29, 1.82) is 0 Å². The van der Waals surface area contributed by atoms with Gasteiger partial charge in [0.2, 0.25) is 5.82 Å². The molecule has 7 atom stereocenters. The SMILES string of the molecule is CCN(CC)CCNC(=O)c1c(C)[nH]c(/C=C2\C(=O)Nc3ccc(CC(=O)CCC(=O)OC(C)C(=O)OC(C)C(=O)OCC(=O)O[C@H](COc4nsnc4N4CCOCC4)CN(C(=O)COC(=O)C(C)OC(=O)C(C)OC(=O)C(C)OC(=O)C(C)OC(C)=O)C(C)(C)C)cc32)c1C. The second-order valence-electron chi connectivity index (χ2n) is 23.6. The van der Waals surface area contributed by atoms with E-state index in [1.165, 1.54) is 18.7 Å². The molecule has 5 rings (SSSR count). The number of aromatic nitrogens is 3. The summed E-state index contributed by atoms with van der Waals surface area (Å²) in [5, 5.41) is 5.80. The lowest BCUT2D eigenvalue weighted by atomic mass is 9.98. The molecule has 0 bridgehead atoms. The molecule has 2 aromatic heterocycles. The van der Waals surface area contributed by atoms with Crippen molar-refractivity contribution < 1.29 is 114 Å². The Balaban J connectivity index is 1.12. The Morgan fingerprint density at radius 3 is 1.85 bits per heavy atom. The number of rotatable bonds is 35. The van der Waals surface area contributed by atoms with Gasteiger partial charge in [0.05, 0.1) is 49.0 Å². The lowest BCUT2D eigenvalue weighted by Gasteiger charge is -2.37. The molecule has 0 saturated carbocycles. The molecule has 6 unspecified atom stereocenters. The molecule has 1 fully saturated rings. The molecular weight excluding hydrogens is 1300 g/mol. The van der Waals surface area contributed by atoms with E-state index < -0.39 is 141 Å². The number of morpholine rings is 1. The predicted molar refractivity (Wildman–Crippen MR) is 342 cm³/mol. The highest BCUT2D eigenvalue weighted by Crippen LogP contribution is 2.35. The Bertz CT molecular complexity index is 3400. The summed E-state index contributed by atoms with van der Waals surface area (Å²) in [5.41, 5.74) is 3.19. The summed E-state index contributed by atoms with van der Waals surface area (Å²) < 4.78 is 66.1. The first-order valence-electron chi connectivity index (χ1n) is 31.4. The Labute approximate surface area is 564 Å². The van der Waals surface area contributed by atoms with Gasteiger partial charge in [0, 0.05) is 74.1 Å². The fourth-order valence-electron chi connectivity index (χ4n) is 9.56. The van der Waals surface area contributed by atoms with Crippen LogP contribution < -0.4 is 20.3 Å². The highest BCUT2D eigenvalue weighted by atomic mass is 32.1. The number of amides is 3. The van der Waals surface area contributed by atoms with Gasteiger partial charge in [-0.25, -0.2) is 33.6 Å². The van der Waals surface area contributed by atoms with Gasteiger partial charge in [-0.15, -0.1) is 4.37 Å². The van der Waals surface area contributed by atoms with E-state index in [4.69, 9.17) is 52.1 Å². The largest absolute Gasteiger partial charge is 0.470 e. The number of carbonyl (C=O) groups excluding carboxylic acids is 13. The van der Waals surface area contributed by atoms with Crippen molar-refractivity contribution in [2.45, 2.75) is 164 Å². The molecule has 3 aromatic rings. The Hall–Kier alpha value is -9.37. The first kappa shape index (κ1) is 78.3. The predicted octanol–water partition coefficient (Wildman–Crippen LogP) is 3.09. The maximum absolute atomic E-state index is 13.9. The van der Waals surface area contributed by atoms with Gasteiger partial charge in [0.15, 0.2) is 55.9 Å². The third kappa shape index (κ3) is 23.8. The number of ether oxygens (including phenoxy) is 11. The number of likely N-dealkylation sites (N-methyl/N-ethyl adjacent to an activating group) is 1. The molecular formula is C64H86N8O24S. The topological polar surface area (TPSA) is 399 Å². The lowest BCUT2D eigenvalue weighted by Crippen LogP contribution is -2.52. The summed E-state index contributed by atoms with van der Waals surface area (Å²) in [7, 11) is 0. The van der Waals surface area contributed by atoms with Crippen LogP contribution in [0.4, 0.5) is 11.5 Å². The monoisotopic (exact) mass is 1380 g/mol. The molecule has 3 amide bonds. The Morgan fingerprint density at radius 1 is 0.722 bits per heavy atom. The van der Waals surface area contributed by atoms with Crippen LogP contribution in [0.2, 0.25) is 0 Å². The zero-order valence-corrected chi connectivity index (χ0v) is 57.7. The normalized spacial score (nSPS) is 15.4. The zero-order valence-electron chi connectivity index (χ0n) is 56.9. The van der Waals surface area contributed by atoms with E-state index in [1.807, 2.05) is 4.90 Å². The van der Waals surface area contributed by atoms with Gasteiger partial charge < -0.3 is 82.4 Å². The molecule has 3 N–H and O–H groups in total. The van der Waals surface area contributed by atoms with Gasteiger partial charge in [-0.3, -0.25) is 28.8 Å². The van der Waals surface area contributed by atoms with Crippen LogP contribution in [0.25, 0.3) is 11.6 Å². The minimum atomic E-state index is -1.65. The van der Waals surface area contributed by atoms with Gasteiger partial charge in [-0.2, -0.15) is 4.37 Å². The molecule has 4 heterocycles. The molecule has 97 heavy (non-hydrogen) atoms. The number of hydrogen-bond acceptors (Lipinski definition) is 29. The molecule has 0 aliphatic carbocycles. The quantitative estimate of drug-likeness (QED) is 0.0432. The highest BCUT2D eigenvalue weighted by molar-refractivity contribution is 6.99. The van der Waals surface area contributed by atoms with Crippen molar-refractivity contribution >= 4 is 112 Å². The number of aromatic amines is 1. The second kappa shape index (κ2) is 36.7. The number of esters is 9. The number of Topliss-reactive ketones (excluding diaryl/α,β-unsaturated/α-hetero) is 1. The summed E-state index contributed by atoms with van der Waals surface area (Å²) in [6.45, 7) is 22.3. The number of nitrogens with zero attached hydrogens (tertiary/aromatic N) is 5. The summed E-state index contributed by atoms with van der Waals surface area (Å²) >= 11 is 0.846. The maximum Gasteiger partial charge on any atom is 0.347 e. The van der Waals surface area contributed by atoms with Gasteiger partial charge in [0.1, 0.15) is 12.4 Å². The van der Waals surface area contributed by atoms with Gasteiger partial charge in [-0.05, 0) is 119 Å². The number of hydrogen-bond donors (Lipinski definition) is 3. The molecule has 532 valence electrons. The second-order valence-corrected chi connectivity index (χ2v) is 24.1. The fourth-order valence-corrected chi connectivity index (χ4v) is 10.1. The molecule has 1 aromatic carbocycles. The zero-order chi connectivity index (χ0) is 72.0. The summed E-state index contributed by atoms with van der Waals surface area (Å²) in [5.74, 6) is -11.2. The van der Waals surface area contributed by atoms with Crippen LogP contribution in [-0.2, 0) is 111 Å². The molecule has 33 heteroatoms. The summed E-state index contributed by atoms with van der Waals surface area (Å²) in [4.78, 5) is 176. The van der Waals surface area contributed by atoms with E-state index in [1.54, 1.807) is 58.9 Å². The van der Waals surface area contributed by atoms with Crippen molar-refractivity contribution in [1.82, 2.24) is 28.8 Å². The standard InChI is InChI=1S/C64H86N8O24S/c1-15-70(16-2)22-21-65-56(79)53-34(3)49(66-35(53)4)29-47-46-28-43(17-19-48(46)67-55(47)78)27-44(74)18-20-51(76)91-39(8)61(83)92-37(6)59(81)89-33-52(77)96-45(31-87-57-54(68-97-69-57)71-23-25-86-26-24-71)30-72(64(12,13)14)50(75)32-88-58(80)36(5)93-62(84)40(9)95-63(85)41(10)94-60(82)38(7)90-42(11)73/h17,19,28-29,36-41,45,66H,15-16,18,20-27,30-33H2,1-14H3,(H,65,79)(H,67,78)/b47-29-/t36?,37?,38?,39?,40?,41?,45-/m0/s1. The van der Waals surface area contributed by atoms with Crippen molar-refractivity contribution in [3.63, 3.8) is 0 Å². The molecule has 1 saturated heterocycles. The van der Waals surface area contributed by atoms with E-state index in [-0.39, 0.29) is 36.3 Å². The van der Waals surface area contributed by atoms with Crippen molar-refractivity contribution in [2.75, 3.05) is 89.1 Å². The number of fused-ring (bicyclic) bond motifs is 1. The average Bonchev–Trinajstić information content (AvgIpc) is 1.64. The third-order valence-corrected chi connectivity index (χ3v) is 15.4. The smallest absolute Gasteiger partial charge is 0.347 e. The maximum atomic E-state index is 13.9. The minimum Gasteiger partial charge on any atom is -0.470 e. The van der Waals surface area contributed by atoms with Gasteiger partial charge in [0.25, 0.3) is 23.6 Å². The third-order valence-electron chi connectivity index (χ3n) is 14.9. The number of aryl methyl sites for hydroxylation is 1. The highest BCUT2D eigenvalue weighted by Gasteiger charge is 2.36. The van der Waals surface area contributed by atoms with Crippen LogP contribution in [0.15, 0.2) is 18.2 Å².